The van der Waals surface area contributed by atoms with Crippen molar-refractivity contribution in [2.45, 2.75) is 20.4 Å². The van der Waals surface area contributed by atoms with Gasteiger partial charge in [0.05, 0.1) is 29.3 Å². The molecule has 0 unspecified atom stereocenters. The van der Waals surface area contributed by atoms with Gasteiger partial charge >= 0.3 is 0 Å². The molecule has 0 aliphatic rings. The van der Waals surface area contributed by atoms with E-state index in [-0.39, 0.29) is 18.1 Å². The van der Waals surface area contributed by atoms with Gasteiger partial charge in [-0.05, 0) is 13.8 Å². The lowest BCUT2D eigenvalue weighted by molar-refractivity contribution is -0.384. The number of aryl methyl sites for hydroxylation is 2. The molecule has 20 heavy (non-hydrogen) atoms. The molecule has 2 rings (SSSR count). The van der Waals surface area contributed by atoms with Gasteiger partial charge in [0.15, 0.2) is 0 Å². The highest BCUT2D eigenvalue weighted by atomic mass is 16.6. The van der Waals surface area contributed by atoms with Gasteiger partial charge in [-0.3, -0.25) is 10.1 Å². The van der Waals surface area contributed by atoms with Gasteiger partial charge in [-0.2, -0.15) is 0 Å². The van der Waals surface area contributed by atoms with Crippen LogP contribution in [0.3, 0.4) is 0 Å². The Morgan fingerprint density at radius 2 is 2.05 bits per heavy atom. The minimum atomic E-state index is -0.521. The summed E-state index contributed by atoms with van der Waals surface area (Å²) in [6.07, 6.45) is 0. The van der Waals surface area contributed by atoms with Crippen LogP contribution in [0.5, 0.6) is 0 Å². The largest absolute Gasteiger partial charge is 0.444 e. The third-order valence-electron chi connectivity index (χ3n) is 2.66. The first-order valence-electron chi connectivity index (χ1n) is 5.79. The minimum Gasteiger partial charge on any atom is -0.444 e. The number of anilines is 2. The van der Waals surface area contributed by atoms with Crippen LogP contribution < -0.4 is 16.6 Å². The lowest BCUT2D eigenvalue weighted by Gasteiger charge is -2.05. The molecule has 2 aromatic heterocycles. The predicted molar refractivity (Wildman–Crippen MR) is 72.0 cm³/mol. The molecule has 0 saturated carbocycles. The molecule has 0 fully saturated rings. The second-order valence-electron chi connectivity index (χ2n) is 4.10. The SMILES string of the molecule is Cc1nc(CNc2cc([N+](=O)[O-])cc(NN)n2)oc1C. The van der Waals surface area contributed by atoms with Gasteiger partial charge in [-0.25, -0.2) is 15.8 Å². The number of hydrogen-bond donors (Lipinski definition) is 3. The number of nitrogens with zero attached hydrogens (tertiary/aromatic N) is 3. The summed E-state index contributed by atoms with van der Waals surface area (Å²) in [6.45, 7) is 3.92. The predicted octanol–water partition coefficient (Wildman–Crippen LogP) is 1.49. The summed E-state index contributed by atoms with van der Waals surface area (Å²) in [7, 11) is 0. The Bertz CT molecular complexity index is 620. The van der Waals surface area contributed by atoms with Crippen molar-refractivity contribution in [2.24, 2.45) is 5.84 Å². The van der Waals surface area contributed by atoms with Gasteiger partial charge in [-0.1, -0.05) is 0 Å². The van der Waals surface area contributed by atoms with Crippen LogP contribution in [-0.2, 0) is 6.54 Å². The molecule has 0 amide bonds. The Kier molecular flexibility index (Phi) is 3.80. The number of nitrogen functional groups attached to an aromatic ring is 1. The number of pyridine rings is 1. The lowest BCUT2D eigenvalue weighted by Crippen LogP contribution is -2.11. The van der Waals surface area contributed by atoms with Crippen molar-refractivity contribution in [3.63, 3.8) is 0 Å². The minimum absolute atomic E-state index is 0.116. The first-order chi connectivity index (χ1) is 9.49. The Morgan fingerprint density at radius 1 is 1.35 bits per heavy atom. The topological polar surface area (TPSA) is 132 Å². The molecular weight excluding hydrogens is 264 g/mol. The molecule has 0 atom stereocenters. The van der Waals surface area contributed by atoms with Crippen molar-refractivity contribution in [1.82, 2.24) is 9.97 Å². The van der Waals surface area contributed by atoms with Crippen molar-refractivity contribution in [1.29, 1.82) is 0 Å². The second-order valence-corrected chi connectivity index (χ2v) is 4.10. The number of hydrazine groups is 1. The smallest absolute Gasteiger partial charge is 0.276 e. The van der Waals surface area contributed by atoms with Crippen LogP contribution in [0.2, 0.25) is 0 Å². The highest BCUT2D eigenvalue weighted by Gasteiger charge is 2.12. The number of aromatic nitrogens is 2. The molecule has 9 heteroatoms. The van der Waals surface area contributed by atoms with Crippen LogP contribution in [0, 0.1) is 24.0 Å². The normalized spacial score (nSPS) is 10.3. The number of oxazole rings is 1. The van der Waals surface area contributed by atoms with Gasteiger partial charge in [0.2, 0.25) is 5.89 Å². The molecular formula is C11H14N6O3. The third kappa shape index (κ3) is 3.01. The molecule has 0 spiro atoms. The number of nitro groups is 1. The Balaban J connectivity index is 2.16. The number of hydrogen-bond acceptors (Lipinski definition) is 8. The summed E-state index contributed by atoms with van der Waals surface area (Å²) in [5.74, 6) is 6.94. The second kappa shape index (κ2) is 5.53. The van der Waals surface area contributed by atoms with Crippen LogP contribution in [0.15, 0.2) is 16.5 Å². The fourth-order valence-electron chi connectivity index (χ4n) is 1.57. The molecule has 9 nitrogen and oxygen atoms in total. The highest BCUT2D eigenvalue weighted by Crippen LogP contribution is 2.20. The fraction of sp³-hybridized carbons (Fsp3) is 0.273. The van der Waals surface area contributed by atoms with Gasteiger partial charge in [-0.15, -0.1) is 0 Å². The molecule has 2 heterocycles. The molecule has 2 aromatic rings. The molecule has 0 bridgehead atoms. The fourth-order valence-corrected chi connectivity index (χ4v) is 1.57. The van der Waals surface area contributed by atoms with Gasteiger partial charge in [0.25, 0.3) is 5.69 Å². The van der Waals surface area contributed by atoms with Crippen LogP contribution in [0.1, 0.15) is 17.3 Å². The summed E-state index contributed by atoms with van der Waals surface area (Å²) in [5, 5.41) is 13.7. The van der Waals surface area contributed by atoms with E-state index in [0.717, 1.165) is 11.5 Å². The number of nitrogens with one attached hydrogen (secondary N) is 2. The monoisotopic (exact) mass is 278 g/mol. The Morgan fingerprint density at radius 3 is 2.60 bits per heavy atom. The van der Waals surface area contributed by atoms with Crippen LogP contribution in [-0.4, -0.2) is 14.9 Å². The van der Waals surface area contributed by atoms with Crippen LogP contribution >= 0.6 is 0 Å². The lowest BCUT2D eigenvalue weighted by atomic mass is 10.3. The molecule has 0 radical (unpaired) electrons. The summed E-state index contributed by atoms with van der Waals surface area (Å²) in [6, 6.07) is 2.55. The molecule has 0 saturated heterocycles. The summed E-state index contributed by atoms with van der Waals surface area (Å²) < 4.78 is 5.39. The van der Waals surface area contributed by atoms with Crippen molar-refractivity contribution < 1.29 is 9.34 Å². The standard InChI is InChI=1S/C11H14N6O3/c1-6-7(2)20-11(14-6)5-13-9-3-8(17(18)19)4-10(15-9)16-12/h3-4H,5,12H2,1-2H3,(H2,13,15,16). The zero-order valence-electron chi connectivity index (χ0n) is 11.0. The van der Waals surface area contributed by atoms with E-state index in [4.69, 9.17) is 10.3 Å². The van der Waals surface area contributed by atoms with E-state index in [2.05, 4.69) is 20.7 Å². The highest BCUT2D eigenvalue weighted by molar-refractivity contribution is 5.54. The molecule has 4 N–H and O–H groups in total. The molecule has 106 valence electrons. The third-order valence-corrected chi connectivity index (χ3v) is 2.66. The van der Waals surface area contributed by atoms with E-state index < -0.39 is 4.92 Å². The average molecular weight is 278 g/mol. The summed E-state index contributed by atoms with van der Waals surface area (Å²) in [4.78, 5) is 18.5. The zero-order valence-corrected chi connectivity index (χ0v) is 11.0. The van der Waals surface area contributed by atoms with E-state index in [1.54, 1.807) is 0 Å². The van der Waals surface area contributed by atoms with E-state index in [1.165, 1.54) is 12.1 Å². The van der Waals surface area contributed by atoms with Gasteiger partial charge in [0, 0.05) is 0 Å². The molecule has 0 aromatic carbocycles. The zero-order chi connectivity index (χ0) is 14.7. The first kappa shape index (κ1) is 13.7. The quantitative estimate of drug-likeness (QED) is 0.425. The maximum absolute atomic E-state index is 10.8. The Labute approximate surface area is 114 Å². The summed E-state index contributed by atoms with van der Waals surface area (Å²) in [5.41, 5.74) is 2.97. The Hall–Kier alpha value is -2.68. The maximum atomic E-state index is 10.8. The number of rotatable bonds is 5. The number of nitrogens with two attached hydrogens (primary N) is 1. The maximum Gasteiger partial charge on any atom is 0.276 e. The first-order valence-corrected chi connectivity index (χ1v) is 5.79. The van der Waals surface area contributed by atoms with Crippen molar-refractivity contribution in [2.75, 3.05) is 10.7 Å². The van der Waals surface area contributed by atoms with E-state index in [0.29, 0.717) is 11.7 Å². The van der Waals surface area contributed by atoms with Gasteiger partial charge in [0.1, 0.15) is 17.4 Å². The van der Waals surface area contributed by atoms with Crippen LogP contribution in [0.25, 0.3) is 0 Å². The van der Waals surface area contributed by atoms with Crippen molar-refractivity contribution in [3.8, 4) is 0 Å². The van der Waals surface area contributed by atoms with Crippen molar-refractivity contribution in [3.05, 3.63) is 39.6 Å². The van der Waals surface area contributed by atoms with Crippen molar-refractivity contribution >= 4 is 17.3 Å². The molecule has 0 aliphatic carbocycles. The van der Waals surface area contributed by atoms with Gasteiger partial charge < -0.3 is 15.2 Å². The van der Waals surface area contributed by atoms with Crippen LogP contribution in [0.4, 0.5) is 17.3 Å². The molecule has 0 aliphatic heterocycles. The van der Waals surface area contributed by atoms with E-state index in [9.17, 15) is 10.1 Å². The van der Waals surface area contributed by atoms with E-state index >= 15 is 0 Å². The van der Waals surface area contributed by atoms with E-state index in [1.807, 2.05) is 13.8 Å². The summed E-state index contributed by atoms with van der Waals surface area (Å²) >= 11 is 0. The average Bonchev–Trinajstić information content (AvgIpc) is 2.75.